The lowest BCUT2D eigenvalue weighted by molar-refractivity contribution is -0.137. The van der Waals surface area contributed by atoms with Gasteiger partial charge in [-0.3, -0.25) is 0 Å². The molecule has 0 spiro atoms. The number of benzene rings is 1. The molecule has 1 aromatic rings. The zero-order valence-electron chi connectivity index (χ0n) is 17.7. The predicted octanol–water partition coefficient (Wildman–Crippen LogP) is 6.00. The summed E-state index contributed by atoms with van der Waals surface area (Å²) in [6.07, 6.45) is 7.74. The maximum Gasteiger partial charge on any atom is 0.330 e. The molecule has 1 heterocycles. The Hall–Kier alpha value is -2.36. The van der Waals surface area contributed by atoms with Crippen LogP contribution in [0.4, 0.5) is 10.1 Å². The Morgan fingerprint density at radius 2 is 2.00 bits per heavy atom. The first-order valence-corrected chi connectivity index (χ1v) is 10.1. The van der Waals surface area contributed by atoms with E-state index in [0.717, 1.165) is 24.9 Å². The lowest BCUT2D eigenvalue weighted by Gasteiger charge is -2.29. The molecule has 0 amide bonds. The number of hydrogen-bond acceptors (Lipinski definition) is 3. The zero-order chi connectivity index (χ0) is 20.7. The lowest BCUT2D eigenvalue weighted by atomic mass is 9.99. The average Bonchev–Trinajstić information content (AvgIpc) is 2.87. The molecule has 0 saturated carbocycles. The summed E-state index contributed by atoms with van der Waals surface area (Å²) in [7, 11) is 0. The van der Waals surface area contributed by atoms with Crippen LogP contribution in [0.3, 0.4) is 0 Å². The zero-order valence-corrected chi connectivity index (χ0v) is 17.7. The van der Waals surface area contributed by atoms with E-state index in [2.05, 4.69) is 30.9 Å². The molecular weight excluding hydrogens is 353 g/mol. The van der Waals surface area contributed by atoms with E-state index >= 15 is 0 Å². The van der Waals surface area contributed by atoms with Gasteiger partial charge in [-0.15, -0.1) is 0 Å². The molecule has 0 atom stereocenters. The fourth-order valence-electron chi connectivity index (χ4n) is 3.44. The summed E-state index contributed by atoms with van der Waals surface area (Å²) in [5.74, 6) is -0.711. The molecule has 0 aliphatic carbocycles. The SMILES string of the molecule is CCOC(=O)/C=C(C)/C=C/C(F)=C(/C)c1ccc2c(c1)CCCCN2C(C)C. The molecular formula is C24H32FNO2. The van der Waals surface area contributed by atoms with Gasteiger partial charge >= 0.3 is 5.97 Å². The van der Waals surface area contributed by atoms with Crippen LogP contribution in [0.25, 0.3) is 5.57 Å². The summed E-state index contributed by atoms with van der Waals surface area (Å²) in [4.78, 5) is 13.9. The van der Waals surface area contributed by atoms with Gasteiger partial charge in [0.2, 0.25) is 0 Å². The van der Waals surface area contributed by atoms with Crippen LogP contribution in [0.1, 0.15) is 58.6 Å². The minimum atomic E-state index is -0.411. The molecule has 152 valence electrons. The number of hydrogen-bond donors (Lipinski definition) is 0. The van der Waals surface area contributed by atoms with Gasteiger partial charge in [-0.2, -0.15) is 0 Å². The summed E-state index contributed by atoms with van der Waals surface area (Å²) in [6, 6.07) is 6.71. The van der Waals surface area contributed by atoms with Crippen LogP contribution in [0.15, 0.2) is 47.8 Å². The molecule has 4 heteroatoms. The number of anilines is 1. The van der Waals surface area contributed by atoms with Gasteiger partial charge < -0.3 is 9.64 Å². The van der Waals surface area contributed by atoms with Gasteiger partial charge in [-0.25, -0.2) is 9.18 Å². The molecule has 0 fully saturated rings. The van der Waals surface area contributed by atoms with Gasteiger partial charge in [-0.05, 0) is 94.4 Å². The van der Waals surface area contributed by atoms with Crippen LogP contribution in [0.5, 0.6) is 0 Å². The first kappa shape index (κ1) is 21.9. The Morgan fingerprint density at radius 1 is 1.25 bits per heavy atom. The Bertz CT molecular complexity index is 790. The lowest BCUT2D eigenvalue weighted by Crippen LogP contribution is -2.31. The number of nitrogens with zero attached hydrogens (tertiary/aromatic N) is 1. The Balaban J connectivity index is 2.25. The number of esters is 1. The second kappa shape index (κ2) is 10.3. The van der Waals surface area contributed by atoms with Crippen molar-refractivity contribution >= 4 is 17.2 Å². The van der Waals surface area contributed by atoms with Crippen LogP contribution < -0.4 is 4.90 Å². The van der Waals surface area contributed by atoms with Crippen molar-refractivity contribution in [3.8, 4) is 0 Å². The first-order valence-electron chi connectivity index (χ1n) is 10.1. The number of carbonyl (C=O) groups excluding carboxylic acids is 1. The van der Waals surface area contributed by atoms with Crippen molar-refractivity contribution in [3.63, 3.8) is 0 Å². The molecule has 28 heavy (non-hydrogen) atoms. The molecule has 0 radical (unpaired) electrons. The predicted molar refractivity (Wildman–Crippen MR) is 115 cm³/mol. The Kier molecular flexibility index (Phi) is 8.04. The van der Waals surface area contributed by atoms with E-state index in [1.807, 2.05) is 6.07 Å². The highest BCUT2D eigenvalue weighted by Gasteiger charge is 2.18. The van der Waals surface area contributed by atoms with Crippen molar-refractivity contribution in [2.45, 2.75) is 59.9 Å². The number of rotatable bonds is 6. The normalized spacial score (nSPS) is 16.1. The van der Waals surface area contributed by atoms with Gasteiger partial charge in [0.05, 0.1) is 6.61 Å². The van der Waals surface area contributed by atoms with Crippen molar-refractivity contribution in [2.24, 2.45) is 0 Å². The number of allylic oxidation sites excluding steroid dienone is 5. The monoisotopic (exact) mass is 385 g/mol. The summed E-state index contributed by atoms with van der Waals surface area (Å²) >= 11 is 0. The molecule has 2 rings (SSSR count). The second-order valence-electron chi connectivity index (χ2n) is 7.53. The van der Waals surface area contributed by atoms with E-state index < -0.39 is 5.97 Å². The van der Waals surface area contributed by atoms with Crippen LogP contribution in [-0.4, -0.2) is 25.2 Å². The highest BCUT2D eigenvalue weighted by atomic mass is 19.1. The van der Waals surface area contributed by atoms with Gasteiger partial charge in [0.25, 0.3) is 0 Å². The number of aryl methyl sites for hydroxylation is 1. The van der Waals surface area contributed by atoms with Crippen molar-refractivity contribution in [1.82, 2.24) is 0 Å². The summed E-state index contributed by atoms with van der Waals surface area (Å²) in [5.41, 5.74) is 4.71. The summed E-state index contributed by atoms with van der Waals surface area (Å²) in [5, 5.41) is 0. The van der Waals surface area contributed by atoms with Gasteiger partial charge in [0.15, 0.2) is 0 Å². The molecule has 1 aliphatic rings. The average molecular weight is 386 g/mol. The van der Waals surface area contributed by atoms with Gasteiger partial charge in [0, 0.05) is 24.4 Å². The number of fused-ring (bicyclic) bond motifs is 1. The maximum absolute atomic E-state index is 14.7. The first-order chi connectivity index (χ1) is 13.3. The third kappa shape index (κ3) is 5.82. The van der Waals surface area contributed by atoms with Crippen molar-refractivity contribution in [3.05, 3.63) is 59.0 Å². The highest BCUT2D eigenvalue weighted by Crippen LogP contribution is 2.31. The number of halogens is 1. The molecule has 0 bridgehead atoms. The fraction of sp³-hybridized carbons (Fsp3) is 0.458. The molecule has 0 aromatic heterocycles. The highest BCUT2D eigenvalue weighted by molar-refractivity contribution is 5.83. The third-order valence-corrected chi connectivity index (χ3v) is 5.02. The van der Waals surface area contributed by atoms with E-state index in [0.29, 0.717) is 23.8 Å². The minimum Gasteiger partial charge on any atom is -0.463 e. The van der Waals surface area contributed by atoms with Crippen molar-refractivity contribution in [2.75, 3.05) is 18.1 Å². The molecule has 0 saturated heterocycles. The van der Waals surface area contributed by atoms with Crippen molar-refractivity contribution in [1.29, 1.82) is 0 Å². The van der Waals surface area contributed by atoms with Crippen LogP contribution in [0, 0.1) is 0 Å². The molecule has 0 unspecified atom stereocenters. The molecule has 1 aliphatic heterocycles. The van der Waals surface area contributed by atoms with E-state index in [1.54, 1.807) is 26.8 Å². The van der Waals surface area contributed by atoms with E-state index in [1.165, 1.54) is 29.8 Å². The molecule has 0 N–H and O–H groups in total. The largest absolute Gasteiger partial charge is 0.463 e. The van der Waals surface area contributed by atoms with E-state index in [4.69, 9.17) is 4.74 Å². The van der Waals surface area contributed by atoms with Crippen molar-refractivity contribution < 1.29 is 13.9 Å². The van der Waals surface area contributed by atoms with Crippen LogP contribution in [0.2, 0.25) is 0 Å². The Morgan fingerprint density at radius 3 is 2.68 bits per heavy atom. The van der Waals surface area contributed by atoms with Gasteiger partial charge in [0.1, 0.15) is 5.83 Å². The van der Waals surface area contributed by atoms with E-state index in [-0.39, 0.29) is 5.83 Å². The summed E-state index contributed by atoms with van der Waals surface area (Å²) in [6.45, 7) is 11.1. The maximum atomic E-state index is 14.7. The number of ether oxygens (including phenoxy) is 1. The van der Waals surface area contributed by atoms with Gasteiger partial charge in [-0.1, -0.05) is 12.1 Å². The van der Waals surface area contributed by atoms with E-state index in [9.17, 15) is 9.18 Å². The summed E-state index contributed by atoms with van der Waals surface area (Å²) < 4.78 is 19.5. The minimum absolute atomic E-state index is 0.300. The molecule has 3 nitrogen and oxygen atoms in total. The van der Waals surface area contributed by atoms with Crippen LogP contribution >= 0.6 is 0 Å². The standard InChI is InChI=1S/C24H32FNO2/c1-6-28-24(27)15-18(4)10-12-22(25)19(5)20-11-13-23-21(16-20)9-7-8-14-26(23)17(2)3/h10-13,15-17H,6-9,14H2,1-5H3/b12-10+,18-15+,22-19+. The Labute approximate surface area is 168 Å². The molecule has 1 aromatic carbocycles. The van der Waals surface area contributed by atoms with Crippen LogP contribution in [-0.2, 0) is 16.0 Å². The topological polar surface area (TPSA) is 29.5 Å². The quantitative estimate of drug-likeness (QED) is 0.341. The smallest absolute Gasteiger partial charge is 0.330 e. The number of carbonyl (C=O) groups is 1. The second-order valence-corrected chi connectivity index (χ2v) is 7.53. The fourth-order valence-corrected chi connectivity index (χ4v) is 3.44. The third-order valence-electron chi connectivity index (χ3n) is 5.02.